The van der Waals surface area contributed by atoms with Gasteiger partial charge in [-0.15, -0.1) is 0 Å². The summed E-state index contributed by atoms with van der Waals surface area (Å²) in [5, 5.41) is 20.7. The molecule has 1 aliphatic carbocycles. The maximum atomic E-state index is 14.3. The predicted molar refractivity (Wildman–Crippen MR) is 110 cm³/mol. The molecular formula is C22H22F3N3O3. The molecule has 0 spiro atoms. The number of fused-ring (bicyclic) bond motifs is 2. The van der Waals surface area contributed by atoms with Crippen LogP contribution in [0.15, 0.2) is 47.4 Å². The molecule has 31 heavy (non-hydrogen) atoms. The Hall–Kier alpha value is -3.07. The molecule has 2 atom stereocenters. The molecule has 6 nitrogen and oxygen atoms in total. The summed E-state index contributed by atoms with van der Waals surface area (Å²) in [5.74, 6) is 0.379. The second-order valence-electron chi connectivity index (χ2n) is 8.48. The Morgan fingerprint density at radius 1 is 1.23 bits per heavy atom. The van der Waals surface area contributed by atoms with Crippen LogP contribution >= 0.6 is 0 Å². The second kappa shape index (κ2) is 6.98. The number of rotatable bonds is 3. The van der Waals surface area contributed by atoms with Gasteiger partial charge < -0.3 is 15.2 Å². The van der Waals surface area contributed by atoms with E-state index in [0.717, 1.165) is 0 Å². The lowest BCUT2D eigenvalue weighted by Crippen LogP contribution is -2.58. The van der Waals surface area contributed by atoms with Gasteiger partial charge in [-0.25, -0.2) is 5.10 Å². The number of H-pyrrole nitrogens is 1. The van der Waals surface area contributed by atoms with E-state index in [-0.39, 0.29) is 16.6 Å². The summed E-state index contributed by atoms with van der Waals surface area (Å²) < 4.78 is 48.1. The molecule has 0 amide bonds. The number of methoxy groups -OCH3 is 1. The predicted octanol–water partition coefficient (Wildman–Crippen LogP) is 4.06. The highest BCUT2D eigenvalue weighted by atomic mass is 19.4. The van der Waals surface area contributed by atoms with Gasteiger partial charge in [-0.2, -0.15) is 18.3 Å². The quantitative estimate of drug-likeness (QED) is 0.580. The minimum Gasteiger partial charge on any atom is -0.497 e. The summed E-state index contributed by atoms with van der Waals surface area (Å²) in [5.41, 5.74) is -3.24. The average Bonchev–Trinajstić information content (AvgIpc) is 2.70. The third-order valence-corrected chi connectivity index (χ3v) is 5.99. The molecule has 1 aromatic heterocycles. The minimum absolute atomic E-state index is 0.261. The summed E-state index contributed by atoms with van der Waals surface area (Å²) >= 11 is 0. The van der Waals surface area contributed by atoms with Crippen molar-refractivity contribution in [1.82, 2.24) is 10.2 Å². The zero-order valence-corrected chi connectivity index (χ0v) is 17.2. The Morgan fingerprint density at radius 2 is 1.97 bits per heavy atom. The van der Waals surface area contributed by atoms with Crippen LogP contribution in [0.5, 0.6) is 5.75 Å². The SMILES string of the molecule is COc1ccc2c(c1)C(Nc1cccc3c(=O)[nH]ncc13)C(O)(C(F)(F)F)CC2(C)C. The van der Waals surface area contributed by atoms with E-state index < -0.39 is 35.2 Å². The molecule has 2 aromatic carbocycles. The van der Waals surface area contributed by atoms with E-state index in [9.17, 15) is 23.1 Å². The summed E-state index contributed by atoms with van der Waals surface area (Å²) in [6.07, 6.45) is -4.09. The average molecular weight is 433 g/mol. The largest absolute Gasteiger partial charge is 0.497 e. The maximum Gasteiger partial charge on any atom is 0.419 e. The van der Waals surface area contributed by atoms with Crippen LogP contribution in [0.2, 0.25) is 0 Å². The monoisotopic (exact) mass is 433 g/mol. The van der Waals surface area contributed by atoms with E-state index in [1.807, 2.05) is 0 Å². The molecular weight excluding hydrogens is 411 g/mol. The van der Waals surface area contributed by atoms with Crippen LogP contribution in [0.4, 0.5) is 18.9 Å². The number of ether oxygens (including phenoxy) is 1. The number of benzene rings is 2. The third-order valence-electron chi connectivity index (χ3n) is 5.99. The number of nitrogens with one attached hydrogen (secondary N) is 2. The highest BCUT2D eigenvalue weighted by Crippen LogP contribution is 2.55. The number of hydrogen-bond acceptors (Lipinski definition) is 5. The van der Waals surface area contributed by atoms with E-state index in [1.54, 1.807) is 44.2 Å². The normalized spacial score (nSPS) is 22.7. The molecule has 0 saturated heterocycles. The van der Waals surface area contributed by atoms with Gasteiger partial charge >= 0.3 is 6.18 Å². The molecule has 4 rings (SSSR count). The smallest absolute Gasteiger partial charge is 0.419 e. The molecule has 164 valence electrons. The summed E-state index contributed by atoms with van der Waals surface area (Å²) in [6.45, 7) is 3.35. The molecule has 0 fully saturated rings. The number of aliphatic hydroxyl groups is 1. The van der Waals surface area contributed by atoms with Crippen LogP contribution in [-0.4, -0.2) is 34.2 Å². The molecule has 0 saturated carbocycles. The van der Waals surface area contributed by atoms with Gasteiger partial charge in [-0.3, -0.25) is 4.79 Å². The summed E-state index contributed by atoms with van der Waals surface area (Å²) in [7, 11) is 1.43. The van der Waals surface area contributed by atoms with E-state index >= 15 is 0 Å². The highest BCUT2D eigenvalue weighted by Gasteiger charge is 2.63. The minimum atomic E-state index is -4.91. The van der Waals surface area contributed by atoms with Crippen LogP contribution in [-0.2, 0) is 5.41 Å². The number of halogens is 3. The Bertz CT molecular complexity index is 1210. The van der Waals surface area contributed by atoms with E-state index in [4.69, 9.17) is 4.74 Å². The zero-order valence-electron chi connectivity index (χ0n) is 17.2. The maximum absolute atomic E-state index is 14.3. The molecule has 1 heterocycles. The van der Waals surface area contributed by atoms with Crippen LogP contribution in [0.3, 0.4) is 0 Å². The molecule has 0 radical (unpaired) electrons. The molecule has 0 bridgehead atoms. The van der Waals surface area contributed by atoms with Crippen molar-refractivity contribution in [1.29, 1.82) is 0 Å². The lowest BCUT2D eigenvalue weighted by Gasteiger charge is -2.49. The van der Waals surface area contributed by atoms with Crippen molar-refractivity contribution in [3.05, 3.63) is 64.1 Å². The first kappa shape index (κ1) is 21.2. The van der Waals surface area contributed by atoms with Crippen molar-refractivity contribution in [3.8, 4) is 5.75 Å². The van der Waals surface area contributed by atoms with Gasteiger partial charge in [0.05, 0.1) is 24.7 Å². The zero-order chi connectivity index (χ0) is 22.6. The fraction of sp³-hybridized carbons (Fsp3) is 0.364. The number of alkyl halides is 3. The Balaban J connectivity index is 1.96. The first-order valence-electron chi connectivity index (χ1n) is 9.68. The topological polar surface area (TPSA) is 87.2 Å². The third kappa shape index (κ3) is 3.33. The first-order chi connectivity index (χ1) is 14.5. The standard InChI is InChI=1S/C22H22F3N3O3/c1-20(2)11-21(30,22(23,24)25)18(14-9-12(31-3)7-8-16(14)20)27-17-6-4-5-13-15(17)10-26-28-19(13)29/h4-10,18,27,30H,11H2,1-3H3,(H,28,29). The van der Waals surface area contributed by atoms with E-state index in [1.165, 1.54) is 19.4 Å². The number of nitrogens with zero attached hydrogens (tertiary/aromatic N) is 1. The van der Waals surface area contributed by atoms with Crippen molar-refractivity contribution < 1.29 is 23.0 Å². The summed E-state index contributed by atoms with van der Waals surface area (Å²) in [6, 6.07) is 8.07. The van der Waals surface area contributed by atoms with Crippen molar-refractivity contribution in [2.45, 2.75) is 43.5 Å². The van der Waals surface area contributed by atoms with E-state index in [2.05, 4.69) is 15.5 Å². The first-order valence-corrected chi connectivity index (χ1v) is 9.68. The Kier molecular flexibility index (Phi) is 4.77. The number of aromatic nitrogens is 2. The van der Waals surface area contributed by atoms with Crippen LogP contribution < -0.4 is 15.6 Å². The molecule has 3 aromatic rings. The highest BCUT2D eigenvalue weighted by molar-refractivity contribution is 5.92. The Morgan fingerprint density at radius 3 is 2.65 bits per heavy atom. The van der Waals surface area contributed by atoms with Gasteiger partial charge in [0, 0.05) is 11.1 Å². The fourth-order valence-corrected chi connectivity index (χ4v) is 4.51. The van der Waals surface area contributed by atoms with Gasteiger partial charge in [-0.05, 0) is 47.2 Å². The van der Waals surface area contributed by atoms with Crippen molar-refractivity contribution in [2.75, 3.05) is 12.4 Å². The number of hydrogen-bond donors (Lipinski definition) is 3. The van der Waals surface area contributed by atoms with Crippen molar-refractivity contribution >= 4 is 16.5 Å². The van der Waals surface area contributed by atoms with Crippen LogP contribution in [0.25, 0.3) is 10.8 Å². The molecule has 3 N–H and O–H groups in total. The molecule has 0 aliphatic heterocycles. The number of anilines is 1. The van der Waals surface area contributed by atoms with Gasteiger partial charge in [-0.1, -0.05) is 26.0 Å². The molecule has 1 aliphatic rings. The summed E-state index contributed by atoms with van der Waals surface area (Å²) in [4.78, 5) is 12.1. The molecule has 2 unspecified atom stereocenters. The lowest BCUT2D eigenvalue weighted by atomic mass is 9.63. The second-order valence-corrected chi connectivity index (χ2v) is 8.48. The molecule has 9 heteroatoms. The van der Waals surface area contributed by atoms with Crippen molar-refractivity contribution in [2.24, 2.45) is 0 Å². The van der Waals surface area contributed by atoms with Crippen molar-refractivity contribution in [3.63, 3.8) is 0 Å². The van der Waals surface area contributed by atoms with E-state index in [0.29, 0.717) is 16.7 Å². The van der Waals surface area contributed by atoms with Gasteiger partial charge in [0.1, 0.15) is 5.75 Å². The fourth-order valence-electron chi connectivity index (χ4n) is 4.51. The van der Waals surface area contributed by atoms with Gasteiger partial charge in [0.25, 0.3) is 5.56 Å². The van der Waals surface area contributed by atoms with Gasteiger partial charge in [0.2, 0.25) is 0 Å². The van der Waals surface area contributed by atoms with Crippen LogP contribution in [0.1, 0.15) is 37.4 Å². The Labute approximate surface area is 176 Å². The van der Waals surface area contributed by atoms with Gasteiger partial charge in [0.15, 0.2) is 5.60 Å². The lowest BCUT2D eigenvalue weighted by molar-refractivity contribution is -0.275. The van der Waals surface area contributed by atoms with Crippen LogP contribution in [0, 0.1) is 0 Å². The number of aromatic amines is 1.